The molecule has 2 aliphatic carbocycles. The van der Waals surface area contributed by atoms with Crippen LogP contribution >= 0.6 is 23.2 Å². The number of nitrogens with zero attached hydrogens (tertiary/aromatic N) is 4. The molecule has 41 heavy (non-hydrogen) atoms. The number of aromatic nitrogens is 3. The average Bonchev–Trinajstić information content (AvgIpc) is 3.17. The average molecular weight is 617 g/mol. The lowest BCUT2D eigenvalue weighted by molar-refractivity contribution is -0.152. The molecule has 2 aromatic heterocycles. The van der Waals surface area contributed by atoms with E-state index in [0.717, 1.165) is 15.8 Å². The fourth-order valence-corrected chi connectivity index (χ4v) is 6.68. The van der Waals surface area contributed by atoms with E-state index in [1.54, 1.807) is 6.92 Å². The van der Waals surface area contributed by atoms with Gasteiger partial charge in [0, 0.05) is 18.9 Å². The third kappa shape index (κ3) is 5.59. The normalized spacial score (nSPS) is 23.7. The third-order valence-electron chi connectivity index (χ3n) is 9.69. The van der Waals surface area contributed by atoms with Crippen LogP contribution in [0.25, 0.3) is 0 Å². The van der Waals surface area contributed by atoms with Crippen molar-refractivity contribution in [2.24, 2.45) is 22.2 Å². The number of Topliss-reactive ketones (excluding diaryl/α,β-unsaturated/α-hetero) is 1. The van der Waals surface area contributed by atoms with Crippen molar-refractivity contribution in [1.29, 1.82) is 0 Å². The highest BCUT2D eigenvalue weighted by Crippen LogP contribution is 2.68. The van der Waals surface area contributed by atoms with Crippen molar-refractivity contribution in [3.05, 3.63) is 45.5 Å². The lowest BCUT2D eigenvalue weighted by Gasteiger charge is -2.34. The van der Waals surface area contributed by atoms with Crippen molar-refractivity contribution >= 4 is 40.9 Å². The molecule has 8 nitrogen and oxygen atoms in total. The molecule has 2 aromatic rings. The molecule has 2 saturated carbocycles. The van der Waals surface area contributed by atoms with Crippen molar-refractivity contribution < 1.29 is 32.7 Å². The zero-order valence-corrected chi connectivity index (χ0v) is 25.0. The van der Waals surface area contributed by atoms with Gasteiger partial charge in [-0.05, 0) is 49.4 Å². The van der Waals surface area contributed by atoms with Crippen molar-refractivity contribution in [2.75, 3.05) is 13.1 Å². The van der Waals surface area contributed by atoms with Crippen LogP contribution in [-0.4, -0.2) is 55.5 Å². The van der Waals surface area contributed by atoms with Crippen LogP contribution in [0.5, 0.6) is 0 Å². The molecule has 2 fully saturated rings. The molecular weight excluding hydrogens is 584 g/mol. The van der Waals surface area contributed by atoms with Crippen LogP contribution in [-0.2, 0) is 11.0 Å². The molecule has 0 saturated heterocycles. The molecule has 0 radical (unpaired) electrons. The van der Waals surface area contributed by atoms with E-state index in [9.17, 15) is 32.7 Å². The Morgan fingerprint density at radius 1 is 1.02 bits per heavy atom. The van der Waals surface area contributed by atoms with Crippen LogP contribution in [0, 0.1) is 22.2 Å². The van der Waals surface area contributed by atoms with E-state index in [0.29, 0.717) is 0 Å². The maximum Gasteiger partial charge on any atom is 0.433 e. The maximum absolute atomic E-state index is 14.5. The summed E-state index contributed by atoms with van der Waals surface area (Å²) in [5, 5.41) is 13.4. The van der Waals surface area contributed by atoms with Gasteiger partial charge in [0.25, 0.3) is 5.91 Å². The minimum Gasteiger partial charge on any atom is -0.481 e. The molecule has 0 unspecified atom stereocenters. The number of amides is 1. The second-order valence-electron chi connectivity index (χ2n) is 12.5. The number of halogens is 5. The molecule has 0 aromatic carbocycles. The summed E-state index contributed by atoms with van der Waals surface area (Å²) in [6.45, 7) is 9.09. The van der Waals surface area contributed by atoms with Crippen LogP contribution in [0.3, 0.4) is 0 Å². The predicted octanol–water partition coefficient (Wildman–Crippen LogP) is 6.82. The number of pyridine rings is 1. The Labute approximate surface area is 246 Å². The Kier molecular flexibility index (Phi) is 8.06. The Morgan fingerprint density at radius 3 is 2.02 bits per heavy atom. The smallest absolute Gasteiger partial charge is 0.433 e. The summed E-state index contributed by atoms with van der Waals surface area (Å²) < 4.78 is 44.4. The van der Waals surface area contributed by atoms with Gasteiger partial charge >= 0.3 is 12.1 Å². The van der Waals surface area contributed by atoms with E-state index in [2.05, 4.69) is 10.1 Å². The highest BCUT2D eigenvalue weighted by atomic mass is 35.5. The minimum atomic E-state index is -4.93. The molecule has 4 rings (SSSR count). The van der Waals surface area contributed by atoms with Gasteiger partial charge in [-0.15, -0.1) is 0 Å². The third-order valence-corrected chi connectivity index (χ3v) is 10.3. The summed E-state index contributed by atoms with van der Waals surface area (Å²) in [6, 6.07) is -0.730. The quantitative estimate of drug-likeness (QED) is 0.326. The Hall–Kier alpha value is -2.66. The number of carbonyl (C=O) groups is 3. The monoisotopic (exact) mass is 616 g/mol. The zero-order chi connectivity index (χ0) is 30.7. The lowest BCUT2D eigenvalue weighted by atomic mass is 9.74. The number of alkyl halides is 3. The molecule has 0 atom stereocenters. The molecule has 2 aliphatic rings. The molecule has 0 aliphatic heterocycles. The van der Waals surface area contributed by atoms with Crippen LogP contribution in [0.2, 0.25) is 10.0 Å². The van der Waals surface area contributed by atoms with Gasteiger partial charge in [-0.3, -0.25) is 24.0 Å². The molecule has 224 valence electrons. The number of carboxylic acid groups (broad SMARTS) is 1. The SMILES string of the molecule is CC1(C)C(CN(CC(=O)c2c(Cl)cncc2Cl)C(=O)c2cnn([C@H]3CC[C@](C)(C(=O)O)CC3)c2C(F)(F)F)C1(C)C. The van der Waals surface area contributed by atoms with Crippen molar-refractivity contribution in [2.45, 2.75) is 72.5 Å². The summed E-state index contributed by atoms with van der Waals surface area (Å²) in [4.78, 5) is 43.8. The minimum absolute atomic E-state index is 0.0311. The Morgan fingerprint density at radius 2 is 1.56 bits per heavy atom. The fraction of sp³-hybridized carbons (Fsp3) is 0.607. The highest BCUT2D eigenvalue weighted by Gasteiger charge is 2.65. The molecule has 0 bridgehead atoms. The first kappa shape index (κ1) is 31.3. The van der Waals surface area contributed by atoms with Crippen LogP contribution in [0.1, 0.15) is 92.8 Å². The number of hydrogen-bond acceptors (Lipinski definition) is 5. The number of carbonyl (C=O) groups excluding carboxylic acids is 2. The van der Waals surface area contributed by atoms with E-state index in [-0.39, 0.29) is 64.6 Å². The Balaban J connectivity index is 1.70. The van der Waals surface area contributed by atoms with Gasteiger partial charge < -0.3 is 10.0 Å². The van der Waals surface area contributed by atoms with Crippen LogP contribution in [0.4, 0.5) is 13.2 Å². The van der Waals surface area contributed by atoms with Crippen LogP contribution in [0.15, 0.2) is 18.6 Å². The largest absolute Gasteiger partial charge is 0.481 e. The van der Waals surface area contributed by atoms with Crippen molar-refractivity contribution in [3.8, 4) is 0 Å². The number of carboxylic acids is 1. The predicted molar refractivity (Wildman–Crippen MR) is 146 cm³/mol. The van der Waals surface area contributed by atoms with Crippen molar-refractivity contribution in [3.63, 3.8) is 0 Å². The van der Waals surface area contributed by atoms with Gasteiger partial charge in [0.05, 0.1) is 45.4 Å². The summed E-state index contributed by atoms with van der Waals surface area (Å²) in [6.07, 6.45) is -0.916. The first-order valence-electron chi connectivity index (χ1n) is 13.3. The van der Waals surface area contributed by atoms with E-state index >= 15 is 0 Å². The molecule has 0 spiro atoms. The van der Waals surface area contributed by atoms with Gasteiger partial charge in [0.2, 0.25) is 0 Å². The second kappa shape index (κ2) is 10.6. The van der Waals surface area contributed by atoms with Gasteiger partial charge in [-0.1, -0.05) is 50.9 Å². The first-order chi connectivity index (χ1) is 18.8. The second-order valence-corrected chi connectivity index (χ2v) is 13.3. The summed E-state index contributed by atoms with van der Waals surface area (Å²) >= 11 is 12.3. The standard InChI is InChI=1S/C28H33Cl2F3N4O4/c1-25(2)20(26(25,3)4)14-36(13-19(38)21-17(29)11-34-12-18(21)30)23(39)16-10-35-37(22(16)28(31,32)33)15-6-8-27(5,9-7-15)24(40)41/h10-12,15,20H,6-9,13-14H2,1-5H3,(H,40,41)/t15-,27-. The number of ketones is 1. The first-order valence-corrected chi connectivity index (χ1v) is 14.1. The van der Waals surface area contributed by atoms with E-state index in [1.165, 1.54) is 12.4 Å². The van der Waals surface area contributed by atoms with Gasteiger partial charge in [-0.2, -0.15) is 18.3 Å². The topological polar surface area (TPSA) is 105 Å². The van der Waals surface area contributed by atoms with Crippen LogP contribution < -0.4 is 0 Å². The molecule has 1 amide bonds. The zero-order valence-electron chi connectivity index (χ0n) is 23.5. The van der Waals surface area contributed by atoms with E-state index in [4.69, 9.17) is 23.2 Å². The molecule has 1 N–H and O–H groups in total. The summed E-state index contributed by atoms with van der Waals surface area (Å²) in [5.41, 5.74) is -3.42. The molecular formula is C28H33Cl2F3N4O4. The Bertz CT molecular complexity index is 1350. The van der Waals surface area contributed by atoms with Crippen molar-refractivity contribution in [1.82, 2.24) is 19.7 Å². The summed E-state index contributed by atoms with van der Waals surface area (Å²) in [5.74, 6) is -2.70. The van der Waals surface area contributed by atoms with E-state index < -0.39 is 53.1 Å². The lowest BCUT2D eigenvalue weighted by Crippen LogP contribution is -2.39. The number of hydrogen-bond donors (Lipinski definition) is 1. The fourth-order valence-electron chi connectivity index (χ4n) is 6.11. The molecule has 2 heterocycles. The van der Waals surface area contributed by atoms with E-state index in [1.807, 2.05) is 27.7 Å². The number of rotatable bonds is 8. The molecule has 13 heteroatoms. The van der Waals surface area contributed by atoms with Gasteiger partial charge in [0.1, 0.15) is 0 Å². The number of aliphatic carboxylic acids is 1. The maximum atomic E-state index is 14.5. The van der Waals surface area contributed by atoms with Gasteiger partial charge in [-0.25, -0.2) is 0 Å². The summed E-state index contributed by atoms with van der Waals surface area (Å²) in [7, 11) is 0. The highest BCUT2D eigenvalue weighted by molar-refractivity contribution is 6.39. The van der Waals surface area contributed by atoms with Gasteiger partial charge in [0.15, 0.2) is 11.5 Å².